The number of carbonyl (C=O) groups excluding carboxylic acids is 2. The highest BCUT2D eigenvalue weighted by Crippen LogP contribution is 2.50. The van der Waals surface area contributed by atoms with Crippen LogP contribution in [0.4, 0.5) is 14.9 Å². The lowest BCUT2D eigenvalue weighted by molar-refractivity contribution is -0.140. The van der Waals surface area contributed by atoms with Crippen molar-refractivity contribution in [2.75, 3.05) is 26.3 Å². The number of amides is 2. The average molecular weight is 720 g/mol. The first-order valence-electron chi connectivity index (χ1n) is 17.1. The van der Waals surface area contributed by atoms with Crippen LogP contribution in [-0.4, -0.2) is 82.4 Å². The summed E-state index contributed by atoms with van der Waals surface area (Å²) in [6.07, 6.45) is 1.34. The number of halogens is 1. The number of ether oxygens (including phenoxy) is 1. The van der Waals surface area contributed by atoms with Crippen molar-refractivity contribution >= 4 is 52.2 Å². The third-order valence-electron chi connectivity index (χ3n) is 10.2. The van der Waals surface area contributed by atoms with Gasteiger partial charge in [-0.2, -0.15) is 0 Å². The SMILES string of the molecule is CC(C)(C)OC(=O)NC1=Nc2cc(C3(C(=O)O)CC3)cc(F)c2C=C(C(=O)N(CCO[Si](C)(C)C(C)(C)C)CCO[Si](C)(C)C(C)(C)C)C1. The van der Waals surface area contributed by atoms with Crippen molar-refractivity contribution in [2.45, 2.75) is 129 Å². The number of hydrogen-bond acceptors (Lipinski definition) is 7. The number of nitrogens with one attached hydrogen (secondary N) is 1. The quantitative estimate of drug-likeness (QED) is 0.221. The van der Waals surface area contributed by atoms with Crippen LogP contribution in [0, 0.1) is 5.82 Å². The standard InChI is InChI=1S/C36H58FN3O7Si2/c1-33(2,3)47-32(44)39-29-21-24(20-26-27(37)22-25(23-28(26)38-29)36(14-15-36)31(42)43)30(41)40(16-18-45-48(10,11)34(4,5)6)17-19-46-49(12,13)35(7,8)9/h20,22-23H,14-19,21H2,1-13H3,(H,42,43)(H,38,39,44). The first-order chi connectivity index (χ1) is 22.2. The fraction of sp³-hybridized carbons (Fsp3) is 0.667. The van der Waals surface area contributed by atoms with Gasteiger partial charge in [0.1, 0.15) is 17.3 Å². The lowest BCUT2D eigenvalue weighted by Crippen LogP contribution is -2.46. The zero-order chi connectivity index (χ0) is 37.4. The molecule has 1 aromatic rings. The largest absolute Gasteiger partial charge is 0.481 e. The van der Waals surface area contributed by atoms with Gasteiger partial charge in [0, 0.05) is 30.6 Å². The maximum Gasteiger partial charge on any atom is 0.413 e. The number of carbonyl (C=O) groups is 3. The maximum absolute atomic E-state index is 15.9. The molecule has 2 N–H and O–H groups in total. The summed E-state index contributed by atoms with van der Waals surface area (Å²) in [5.74, 6) is -2.00. The average Bonchev–Trinajstić information content (AvgIpc) is 3.74. The Labute approximate surface area is 294 Å². The molecule has 1 aliphatic carbocycles. The maximum atomic E-state index is 15.9. The lowest BCUT2D eigenvalue weighted by atomic mass is 9.93. The molecule has 0 bridgehead atoms. The van der Waals surface area contributed by atoms with Crippen LogP contribution < -0.4 is 5.32 Å². The molecule has 2 aliphatic rings. The summed E-state index contributed by atoms with van der Waals surface area (Å²) in [5.41, 5.74) is -1.29. The lowest BCUT2D eigenvalue weighted by Gasteiger charge is -2.38. The third-order valence-corrected chi connectivity index (χ3v) is 19.3. The number of benzene rings is 1. The molecule has 13 heteroatoms. The van der Waals surface area contributed by atoms with Crippen molar-refractivity contribution < 1.29 is 37.5 Å². The number of carboxylic acid groups (broad SMARTS) is 1. The minimum Gasteiger partial charge on any atom is -0.481 e. The Balaban J connectivity index is 2.03. The Kier molecular flexibility index (Phi) is 11.9. The molecular weight excluding hydrogens is 662 g/mol. The zero-order valence-corrected chi connectivity index (χ0v) is 33.9. The van der Waals surface area contributed by atoms with E-state index in [1.807, 2.05) is 0 Å². The summed E-state index contributed by atoms with van der Waals surface area (Å²) in [4.78, 5) is 45.6. The fourth-order valence-corrected chi connectivity index (χ4v) is 6.93. The van der Waals surface area contributed by atoms with Crippen LogP contribution in [0.3, 0.4) is 0 Å². The topological polar surface area (TPSA) is 127 Å². The summed E-state index contributed by atoms with van der Waals surface area (Å²) < 4.78 is 34.2. The number of amidine groups is 1. The number of hydrogen-bond donors (Lipinski definition) is 2. The molecule has 1 heterocycles. The molecule has 0 spiro atoms. The Morgan fingerprint density at radius 3 is 1.86 bits per heavy atom. The summed E-state index contributed by atoms with van der Waals surface area (Å²) in [6.45, 7) is 27.9. The molecule has 0 aromatic heterocycles. The number of aliphatic imine (C=N–C) groups is 1. The van der Waals surface area contributed by atoms with Gasteiger partial charge in [-0.3, -0.25) is 14.9 Å². The van der Waals surface area contributed by atoms with Gasteiger partial charge < -0.3 is 23.6 Å². The molecule has 274 valence electrons. The third kappa shape index (κ3) is 10.1. The van der Waals surface area contributed by atoms with Crippen LogP contribution >= 0.6 is 0 Å². The highest BCUT2D eigenvalue weighted by Gasteiger charge is 2.52. The number of fused-ring (bicyclic) bond motifs is 1. The molecule has 0 saturated heterocycles. The minimum atomic E-state index is -2.12. The van der Waals surface area contributed by atoms with E-state index in [4.69, 9.17) is 13.6 Å². The second-order valence-corrected chi connectivity index (χ2v) is 26.9. The van der Waals surface area contributed by atoms with E-state index in [0.717, 1.165) is 0 Å². The van der Waals surface area contributed by atoms with E-state index in [2.05, 4.69) is 78.0 Å². The fourth-order valence-electron chi connectivity index (χ4n) is 4.86. The number of carboxylic acids is 1. The molecule has 2 amide bonds. The van der Waals surface area contributed by atoms with E-state index in [1.165, 1.54) is 18.2 Å². The summed E-state index contributed by atoms with van der Waals surface area (Å²) in [6, 6.07) is 2.76. The van der Waals surface area contributed by atoms with E-state index in [1.54, 1.807) is 25.7 Å². The molecule has 0 atom stereocenters. The van der Waals surface area contributed by atoms with Gasteiger partial charge in [0.25, 0.3) is 0 Å². The highest BCUT2D eigenvalue weighted by atomic mass is 28.4. The Bertz CT molecular complexity index is 1470. The summed E-state index contributed by atoms with van der Waals surface area (Å²) in [7, 11) is -4.23. The van der Waals surface area contributed by atoms with Crippen LogP contribution in [-0.2, 0) is 28.6 Å². The second-order valence-electron chi connectivity index (χ2n) is 17.3. The predicted octanol–water partition coefficient (Wildman–Crippen LogP) is 8.16. The van der Waals surface area contributed by atoms with Crippen LogP contribution in [0.5, 0.6) is 0 Å². The van der Waals surface area contributed by atoms with Crippen molar-refractivity contribution in [1.82, 2.24) is 10.2 Å². The van der Waals surface area contributed by atoms with Gasteiger partial charge in [0.15, 0.2) is 16.6 Å². The van der Waals surface area contributed by atoms with Gasteiger partial charge in [0.05, 0.1) is 24.3 Å². The molecule has 0 radical (unpaired) electrons. The first kappa shape index (κ1) is 40.6. The number of alkyl carbamates (subject to hydrolysis) is 1. The minimum absolute atomic E-state index is 0.0183. The zero-order valence-electron chi connectivity index (χ0n) is 31.9. The Morgan fingerprint density at radius 1 is 0.918 bits per heavy atom. The van der Waals surface area contributed by atoms with E-state index in [0.29, 0.717) is 31.6 Å². The second kappa shape index (κ2) is 14.4. The number of nitrogens with zero attached hydrogens (tertiary/aromatic N) is 2. The molecule has 1 aromatic carbocycles. The van der Waals surface area contributed by atoms with Gasteiger partial charge in [-0.15, -0.1) is 0 Å². The normalized spacial score (nSPS) is 16.5. The van der Waals surface area contributed by atoms with Crippen LogP contribution in [0.1, 0.15) is 92.7 Å². The number of aliphatic carboxylic acids is 1. The Hall–Kier alpha value is -2.88. The molecule has 1 aliphatic heterocycles. The summed E-state index contributed by atoms with van der Waals surface area (Å²) in [5, 5.41) is 12.5. The van der Waals surface area contributed by atoms with Crippen LogP contribution in [0.25, 0.3) is 6.08 Å². The van der Waals surface area contributed by atoms with Crippen molar-refractivity contribution in [2.24, 2.45) is 4.99 Å². The monoisotopic (exact) mass is 719 g/mol. The van der Waals surface area contributed by atoms with Gasteiger partial charge >= 0.3 is 12.1 Å². The molecule has 1 fully saturated rings. The van der Waals surface area contributed by atoms with E-state index >= 15 is 4.39 Å². The Morgan fingerprint density at radius 2 is 1.43 bits per heavy atom. The van der Waals surface area contributed by atoms with Gasteiger partial charge in [-0.1, -0.05) is 41.5 Å². The highest BCUT2D eigenvalue weighted by molar-refractivity contribution is 6.74. The van der Waals surface area contributed by atoms with Crippen molar-refractivity contribution in [3.05, 3.63) is 34.6 Å². The van der Waals surface area contributed by atoms with Crippen LogP contribution in [0.2, 0.25) is 36.3 Å². The molecule has 3 rings (SSSR count). The molecular formula is C36H58FN3O7Si2. The molecule has 1 saturated carbocycles. The van der Waals surface area contributed by atoms with E-state index in [-0.39, 0.29) is 58.2 Å². The van der Waals surface area contributed by atoms with Gasteiger partial charge in [-0.05, 0) is 93.6 Å². The van der Waals surface area contributed by atoms with Crippen molar-refractivity contribution in [3.8, 4) is 0 Å². The summed E-state index contributed by atoms with van der Waals surface area (Å²) >= 11 is 0. The molecule has 10 nitrogen and oxygen atoms in total. The van der Waals surface area contributed by atoms with Gasteiger partial charge in [0.2, 0.25) is 5.91 Å². The predicted molar refractivity (Wildman–Crippen MR) is 197 cm³/mol. The molecule has 0 unspecified atom stereocenters. The van der Waals surface area contributed by atoms with Crippen molar-refractivity contribution in [3.63, 3.8) is 0 Å². The van der Waals surface area contributed by atoms with Gasteiger partial charge in [-0.25, -0.2) is 14.2 Å². The van der Waals surface area contributed by atoms with Crippen molar-refractivity contribution in [1.29, 1.82) is 0 Å². The smallest absolute Gasteiger partial charge is 0.413 e. The first-order valence-corrected chi connectivity index (χ1v) is 22.9. The van der Waals surface area contributed by atoms with E-state index in [9.17, 15) is 19.5 Å². The van der Waals surface area contributed by atoms with E-state index < -0.39 is 45.5 Å². The number of rotatable bonds is 11. The molecule has 49 heavy (non-hydrogen) atoms. The van der Waals surface area contributed by atoms with Crippen LogP contribution in [0.15, 0.2) is 22.7 Å².